The third kappa shape index (κ3) is 6.62. The smallest absolute Gasteiger partial charge is 0.416 e. The van der Waals surface area contributed by atoms with Crippen molar-refractivity contribution in [2.45, 2.75) is 45.3 Å². The maximum absolute atomic E-state index is 13.5. The molecule has 1 aliphatic carbocycles. The molecule has 2 aliphatic rings. The first-order valence-electron chi connectivity index (χ1n) is 14.5. The van der Waals surface area contributed by atoms with Crippen LogP contribution in [0.4, 0.5) is 24.7 Å². The van der Waals surface area contributed by atoms with Gasteiger partial charge in [-0.1, -0.05) is 6.08 Å². The Labute approximate surface area is 253 Å². The second-order valence-corrected chi connectivity index (χ2v) is 11.5. The van der Waals surface area contributed by atoms with E-state index in [0.29, 0.717) is 53.6 Å². The van der Waals surface area contributed by atoms with Gasteiger partial charge in [0.05, 0.1) is 29.2 Å². The molecule has 10 nitrogen and oxygen atoms in total. The van der Waals surface area contributed by atoms with Gasteiger partial charge in [0, 0.05) is 61.2 Å². The van der Waals surface area contributed by atoms with Gasteiger partial charge < -0.3 is 19.9 Å². The Morgan fingerprint density at radius 3 is 2.48 bits per heavy atom. The molecular weight excluding hydrogens is 577 g/mol. The van der Waals surface area contributed by atoms with E-state index in [1.165, 1.54) is 0 Å². The highest BCUT2D eigenvalue weighted by molar-refractivity contribution is 5.94. The SMILES string of the molecule is COc1cc2nc(C)nc(N[C@H](C)c3cc([N+](=O)[O-])cc(C(F)(F)F)c3)c2cc1C1=CCC(C(=O)N2CCN(C)CC2)CC1. The Kier molecular flexibility index (Phi) is 8.78. The van der Waals surface area contributed by atoms with Crippen molar-refractivity contribution in [2.24, 2.45) is 5.92 Å². The van der Waals surface area contributed by atoms with Crippen molar-refractivity contribution in [1.29, 1.82) is 0 Å². The summed E-state index contributed by atoms with van der Waals surface area (Å²) in [6, 6.07) is 5.50. The fraction of sp³-hybridized carbons (Fsp3) is 0.452. The lowest BCUT2D eigenvalue weighted by Gasteiger charge is -2.35. The van der Waals surface area contributed by atoms with Crippen LogP contribution in [-0.2, 0) is 11.0 Å². The third-order valence-corrected chi connectivity index (χ3v) is 8.38. The molecule has 0 bridgehead atoms. The van der Waals surface area contributed by atoms with E-state index in [1.54, 1.807) is 27.0 Å². The van der Waals surface area contributed by atoms with E-state index >= 15 is 0 Å². The highest BCUT2D eigenvalue weighted by Gasteiger charge is 2.33. The lowest BCUT2D eigenvalue weighted by atomic mass is 9.85. The van der Waals surface area contributed by atoms with E-state index in [1.807, 2.05) is 11.0 Å². The van der Waals surface area contributed by atoms with Crippen molar-refractivity contribution in [2.75, 3.05) is 45.7 Å². The van der Waals surface area contributed by atoms with Gasteiger partial charge in [-0.2, -0.15) is 13.2 Å². The van der Waals surface area contributed by atoms with Crippen LogP contribution in [0.15, 0.2) is 36.4 Å². The number of nitro groups is 1. The maximum atomic E-state index is 13.5. The number of fused-ring (bicyclic) bond motifs is 1. The number of piperazine rings is 1. The number of anilines is 1. The minimum absolute atomic E-state index is 0.0748. The normalized spacial score (nSPS) is 18.6. The molecule has 44 heavy (non-hydrogen) atoms. The second kappa shape index (κ2) is 12.4. The van der Waals surface area contributed by atoms with Gasteiger partial charge in [0.25, 0.3) is 5.69 Å². The van der Waals surface area contributed by atoms with Crippen LogP contribution in [0, 0.1) is 23.0 Å². The Balaban J connectivity index is 1.45. The topological polar surface area (TPSA) is 114 Å². The number of hydrogen-bond donors (Lipinski definition) is 1. The van der Waals surface area contributed by atoms with E-state index < -0.39 is 28.4 Å². The van der Waals surface area contributed by atoms with E-state index in [4.69, 9.17) is 4.74 Å². The molecule has 2 aromatic carbocycles. The summed E-state index contributed by atoms with van der Waals surface area (Å²) < 4.78 is 46.3. The van der Waals surface area contributed by atoms with E-state index in [2.05, 4.69) is 33.3 Å². The molecule has 0 saturated carbocycles. The highest BCUT2D eigenvalue weighted by Crippen LogP contribution is 2.40. The molecule has 1 aromatic heterocycles. The molecule has 2 atom stereocenters. The summed E-state index contributed by atoms with van der Waals surface area (Å²) in [7, 11) is 3.63. The Bertz CT molecular complexity index is 1620. The number of nitro benzene ring substituents is 1. The maximum Gasteiger partial charge on any atom is 0.416 e. The summed E-state index contributed by atoms with van der Waals surface area (Å²) in [4.78, 5) is 37.0. The van der Waals surface area contributed by atoms with Gasteiger partial charge in [-0.3, -0.25) is 14.9 Å². The molecule has 0 spiro atoms. The zero-order valence-electron chi connectivity index (χ0n) is 25.1. The van der Waals surface area contributed by atoms with Gasteiger partial charge in [-0.05, 0) is 63.4 Å². The second-order valence-electron chi connectivity index (χ2n) is 11.5. The first kappa shape index (κ1) is 31.2. The van der Waals surface area contributed by atoms with E-state index in [0.717, 1.165) is 49.4 Å². The number of non-ortho nitro benzene ring substituents is 1. The number of aromatic nitrogens is 2. The fourth-order valence-electron chi connectivity index (χ4n) is 5.83. The van der Waals surface area contributed by atoms with Gasteiger partial charge in [-0.15, -0.1) is 0 Å². The van der Waals surface area contributed by atoms with Gasteiger partial charge in [0.1, 0.15) is 17.4 Å². The van der Waals surface area contributed by atoms with Gasteiger partial charge in [0.2, 0.25) is 5.91 Å². The molecule has 1 fully saturated rings. The standard InChI is InChI=1S/C31H35F3N6O4/c1-18(22-13-23(31(32,33)34)15-24(14-22)40(42)43)35-29-26-16-25(28(44-4)17-27(26)36-19(2)37-29)20-5-7-21(8-6-20)30(41)39-11-9-38(3)10-12-39/h5,13-18,21H,6-12H2,1-4H3,(H,35,36,37)/t18-,21?/m1/s1. The number of halogens is 3. The number of amides is 1. The Morgan fingerprint density at radius 2 is 1.86 bits per heavy atom. The number of aryl methyl sites for hydroxylation is 1. The van der Waals surface area contributed by atoms with Gasteiger partial charge in [0.15, 0.2) is 0 Å². The number of nitrogens with one attached hydrogen (secondary N) is 1. The molecule has 1 amide bonds. The van der Waals surface area contributed by atoms with Crippen LogP contribution < -0.4 is 10.1 Å². The first-order chi connectivity index (χ1) is 20.8. The minimum Gasteiger partial charge on any atom is -0.496 e. The quantitative estimate of drug-likeness (QED) is 0.255. The van der Waals surface area contributed by atoms with Crippen LogP contribution in [0.3, 0.4) is 0 Å². The van der Waals surface area contributed by atoms with Crippen LogP contribution in [0.1, 0.15) is 54.7 Å². The van der Waals surface area contributed by atoms with Crippen molar-refractivity contribution < 1.29 is 27.6 Å². The highest BCUT2D eigenvalue weighted by atomic mass is 19.4. The minimum atomic E-state index is -4.74. The monoisotopic (exact) mass is 612 g/mol. The average molecular weight is 613 g/mol. The van der Waals surface area contributed by atoms with Crippen molar-refractivity contribution in [3.63, 3.8) is 0 Å². The largest absolute Gasteiger partial charge is 0.496 e. The number of benzene rings is 2. The van der Waals surface area contributed by atoms with Crippen LogP contribution in [0.5, 0.6) is 5.75 Å². The van der Waals surface area contributed by atoms with Crippen molar-refractivity contribution >= 4 is 33.9 Å². The Morgan fingerprint density at radius 1 is 1.14 bits per heavy atom. The predicted molar refractivity (Wildman–Crippen MR) is 160 cm³/mol. The molecular formula is C31H35F3N6O4. The number of nitrogens with zero attached hydrogens (tertiary/aromatic N) is 5. The lowest BCUT2D eigenvalue weighted by Crippen LogP contribution is -2.49. The molecule has 1 saturated heterocycles. The molecule has 1 unspecified atom stereocenters. The number of alkyl halides is 3. The molecule has 234 valence electrons. The number of hydrogen-bond acceptors (Lipinski definition) is 8. The number of ether oxygens (including phenoxy) is 1. The predicted octanol–water partition coefficient (Wildman–Crippen LogP) is 6.00. The zero-order valence-corrected chi connectivity index (χ0v) is 25.1. The van der Waals surface area contributed by atoms with Gasteiger partial charge in [-0.25, -0.2) is 9.97 Å². The number of rotatable bonds is 7. The summed E-state index contributed by atoms with van der Waals surface area (Å²) in [5.74, 6) is 1.54. The number of methoxy groups -OCH3 is 1. The molecule has 1 N–H and O–H groups in total. The van der Waals surface area contributed by atoms with Crippen molar-refractivity contribution in [3.05, 3.63) is 69.0 Å². The molecule has 5 rings (SSSR count). The third-order valence-electron chi connectivity index (χ3n) is 8.38. The van der Waals surface area contributed by atoms with E-state index in [-0.39, 0.29) is 17.4 Å². The zero-order chi connectivity index (χ0) is 31.8. The number of likely N-dealkylation sites (N-methyl/N-ethyl adjacent to an activating group) is 1. The van der Waals surface area contributed by atoms with Crippen LogP contribution in [0.25, 0.3) is 16.5 Å². The van der Waals surface area contributed by atoms with E-state index in [9.17, 15) is 28.1 Å². The fourth-order valence-corrected chi connectivity index (χ4v) is 5.83. The van der Waals surface area contributed by atoms with Crippen molar-refractivity contribution in [1.82, 2.24) is 19.8 Å². The summed E-state index contributed by atoms with van der Waals surface area (Å²) in [6.07, 6.45) is -0.669. The van der Waals surface area contributed by atoms with Crippen LogP contribution >= 0.6 is 0 Å². The number of allylic oxidation sites excluding steroid dienone is 2. The van der Waals surface area contributed by atoms with Crippen LogP contribution in [-0.4, -0.2) is 70.9 Å². The summed E-state index contributed by atoms with van der Waals surface area (Å²) in [5.41, 5.74) is 0.772. The summed E-state index contributed by atoms with van der Waals surface area (Å²) in [6.45, 7) is 6.54. The van der Waals surface area contributed by atoms with Crippen LogP contribution in [0.2, 0.25) is 0 Å². The molecule has 1 aliphatic heterocycles. The molecule has 2 heterocycles. The Hall–Kier alpha value is -4.26. The molecule has 0 radical (unpaired) electrons. The lowest BCUT2D eigenvalue weighted by molar-refractivity contribution is -0.385. The molecule has 3 aromatic rings. The van der Waals surface area contributed by atoms with Gasteiger partial charge >= 0.3 is 6.18 Å². The summed E-state index contributed by atoms with van der Waals surface area (Å²) >= 11 is 0. The number of carbonyl (C=O) groups is 1. The first-order valence-corrected chi connectivity index (χ1v) is 14.5. The molecule has 13 heteroatoms. The average Bonchev–Trinajstić information content (AvgIpc) is 2.99. The number of carbonyl (C=O) groups excluding carboxylic acids is 1. The van der Waals surface area contributed by atoms with Crippen molar-refractivity contribution in [3.8, 4) is 5.75 Å². The summed E-state index contributed by atoms with van der Waals surface area (Å²) in [5, 5.41) is 15.2.